The van der Waals surface area contributed by atoms with Crippen LogP contribution in [0, 0.1) is 12.1 Å². The van der Waals surface area contributed by atoms with Crippen LogP contribution in [0.2, 0.25) is 10.0 Å². The molecule has 5 heteroatoms. The van der Waals surface area contributed by atoms with E-state index < -0.39 is 0 Å². The second kappa shape index (κ2) is 14.5. The van der Waals surface area contributed by atoms with E-state index in [1.165, 1.54) is 0 Å². The molecule has 2 rings (SSSR count). The van der Waals surface area contributed by atoms with Crippen LogP contribution in [0.15, 0.2) is 48.5 Å². The summed E-state index contributed by atoms with van der Waals surface area (Å²) in [5.74, 6) is 0. The third kappa shape index (κ3) is 12.6. The first kappa shape index (κ1) is 22.6. The van der Waals surface area contributed by atoms with Crippen LogP contribution in [0.4, 0.5) is 0 Å². The summed E-state index contributed by atoms with van der Waals surface area (Å²) < 4.78 is 0. The molecule has 0 aliphatic carbocycles. The van der Waals surface area contributed by atoms with Crippen molar-refractivity contribution in [1.29, 1.82) is 0 Å². The van der Waals surface area contributed by atoms with Gasteiger partial charge in [0.05, 0.1) is 0 Å². The summed E-state index contributed by atoms with van der Waals surface area (Å²) in [5.41, 5.74) is 0. The van der Waals surface area contributed by atoms with Gasteiger partial charge in [-0.3, -0.25) is 0 Å². The maximum atomic E-state index is 5.51. The molecule has 0 spiro atoms. The van der Waals surface area contributed by atoms with Gasteiger partial charge in [0.15, 0.2) is 0 Å². The Morgan fingerprint density at radius 1 is 0.765 bits per heavy atom. The number of rotatable bonds is 0. The molecule has 0 aliphatic rings. The van der Waals surface area contributed by atoms with Gasteiger partial charge in [-0.1, -0.05) is 47.5 Å². The van der Waals surface area contributed by atoms with Crippen LogP contribution in [0.1, 0.15) is 0 Å². The quantitative estimate of drug-likeness (QED) is 0.435. The topological polar surface area (TPSA) is 0 Å². The van der Waals surface area contributed by atoms with Crippen LogP contribution >= 0.6 is 23.2 Å². The number of hydrogen-bond donors (Lipinski definition) is 0. The van der Waals surface area contributed by atoms with Gasteiger partial charge in [0.2, 0.25) is 0 Å². The third-order valence-electron chi connectivity index (χ3n) is 1.34. The zero-order valence-electron chi connectivity index (χ0n) is 8.63. The minimum absolute atomic E-state index is 0. The van der Waals surface area contributed by atoms with Crippen LogP contribution in [0.25, 0.3) is 0 Å². The van der Waals surface area contributed by atoms with E-state index in [0.29, 0.717) is 0 Å². The van der Waals surface area contributed by atoms with Crippen LogP contribution in [-0.4, -0.2) is 23.9 Å². The zero-order chi connectivity index (χ0) is 10.2. The van der Waals surface area contributed by atoms with Gasteiger partial charge in [-0.25, -0.2) is 0 Å². The third-order valence-corrected chi connectivity index (χ3v) is 1.81. The predicted molar refractivity (Wildman–Crippen MR) is 66.3 cm³/mol. The first-order chi connectivity index (χ1) is 6.79. The number of hydrogen-bond acceptors (Lipinski definition) is 0. The normalized spacial score (nSPS) is 7.18. The summed E-state index contributed by atoms with van der Waals surface area (Å²) >= 11 is 11.0. The first-order valence-corrected chi connectivity index (χ1v) is 4.78. The van der Waals surface area contributed by atoms with Gasteiger partial charge < -0.3 is 24.8 Å². The van der Waals surface area contributed by atoms with Crippen molar-refractivity contribution >= 4 is 47.1 Å². The fraction of sp³-hybridized carbons (Fsp3) is 0. The predicted octanol–water partition coefficient (Wildman–Crippen LogP) is -2.09. The van der Waals surface area contributed by atoms with Gasteiger partial charge in [-0.2, -0.15) is 0 Å². The van der Waals surface area contributed by atoms with Gasteiger partial charge in [-0.15, -0.1) is 0 Å². The monoisotopic (exact) mass is 412 g/mol. The summed E-state index contributed by atoms with van der Waals surface area (Å²) in [4.78, 5) is 0. The average Bonchev–Trinajstić information content (AvgIpc) is 2.21. The fourth-order valence-electron chi connectivity index (χ4n) is 0.743. The number of benzene rings is 2. The summed E-state index contributed by atoms with van der Waals surface area (Å²) in [6.45, 7) is 0. The molecule has 17 heavy (non-hydrogen) atoms. The molecule has 0 bridgehead atoms. The van der Waals surface area contributed by atoms with Crippen molar-refractivity contribution < 1.29 is 24.8 Å². The van der Waals surface area contributed by atoms with E-state index in [-0.39, 0.29) is 48.7 Å². The van der Waals surface area contributed by atoms with Gasteiger partial charge >= 0.3 is 23.9 Å². The molecular weight excluding hydrogens is 405 g/mol. The largest absolute Gasteiger partial charge is 2.00 e. The first-order valence-electron chi connectivity index (χ1n) is 4.02. The Labute approximate surface area is 141 Å². The van der Waals surface area contributed by atoms with Crippen molar-refractivity contribution in [2.75, 3.05) is 0 Å². The van der Waals surface area contributed by atoms with Crippen molar-refractivity contribution in [3.8, 4) is 0 Å². The van der Waals surface area contributed by atoms with Gasteiger partial charge in [-0.05, 0) is 36.4 Å². The molecule has 2 aromatic rings. The molecule has 0 atom stereocenters. The van der Waals surface area contributed by atoms with Crippen molar-refractivity contribution in [1.82, 2.24) is 0 Å². The smallest absolute Gasteiger partial charge is 1.00 e. The zero-order valence-corrected chi connectivity index (χ0v) is 14.5. The number of halogens is 4. The molecule has 2 aromatic carbocycles. The van der Waals surface area contributed by atoms with Gasteiger partial charge in [0, 0.05) is 10.0 Å². The molecule has 0 saturated carbocycles. The van der Waals surface area contributed by atoms with E-state index >= 15 is 0 Å². The summed E-state index contributed by atoms with van der Waals surface area (Å²) in [6.07, 6.45) is 0. The molecule has 0 aromatic heterocycles. The molecular formula is C12H8Cl4Sn. The van der Waals surface area contributed by atoms with E-state index in [0.717, 1.165) is 10.0 Å². The average molecular weight is 413 g/mol. The molecule has 0 heterocycles. The van der Waals surface area contributed by atoms with E-state index in [9.17, 15) is 0 Å². The molecule has 0 unspecified atom stereocenters. The van der Waals surface area contributed by atoms with Crippen LogP contribution in [0.3, 0.4) is 0 Å². The summed E-state index contributed by atoms with van der Waals surface area (Å²) in [6, 6.07) is 20.1. The molecule has 0 fully saturated rings. The Kier molecular flexibility index (Phi) is 19.2. The Morgan fingerprint density at radius 3 is 1.24 bits per heavy atom. The Bertz CT molecular complexity index is 316. The summed E-state index contributed by atoms with van der Waals surface area (Å²) in [7, 11) is 0. The maximum Gasteiger partial charge on any atom is 2.00 e. The minimum atomic E-state index is 0. The van der Waals surface area contributed by atoms with Crippen molar-refractivity contribution in [3.63, 3.8) is 0 Å². The second-order valence-electron chi connectivity index (χ2n) is 2.44. The van der Waals surface area contributed by atoms with Crippen molar-refractivity contribution in [3.05, 3.63) is 70.7 Å². The molecule has 0 saturated heterocycles. The Hall–Kier alpha value is 0.399. The van der Waals surface area contributed by atoms with Crippen LogP contribution in [-0.2, 0) is 0 Å². The Morgan fingerprint density at radius 2 is 1.12 bits per heavy atom. The minimum Gasteiger partial charge on any atom is -1.00 e. The van der Waals surface area contributed by atoms with Gasteiger partial charge in [0.25, 0.3) is 0 Å². The fourth-order valence-corrected chi connectivity index (χ4v) is 1.01. The molecule has 4 radical (unpaired) electrons. The SMILES string of the molecule is Clc1c[c]ccc1.Clc1c[c]ccc1.[Cl-].[Cl-].[Sn+2]. The van der Waals surface area contributed by atoms with E-state index in [1.54, 1.807) is 12.1 Å². The van der Waals surface area contributed by atoms with Crippen LogP contribution < -0.4 is 24.8 Å². The van der Waals surface area contributed by atoms with Crippen molar-refractivity contribution in [2.45, 2.75) is 0 Å². The maximum absolute atomic E-state index is 5.51. The second-order valence-corrected chi connectivity index (χ2v) is 3.32. The van der Waals surface area contributed by atoms with Crippen molar-refractivity contribution in [2.24, 2.45) is 0 Å². The van der Waals surface area contributed by atoms with E-state index in [1.807, 2.05) is 36.4 Å². The standard InChI is InChI=1S/2C6H4Cl.2ClH.Sn/c2*7-6-4-2-1-3-5-6;;;/h2*1-2,4-5H;2*1H;/q;;;;+2/p-2. The van der Waals surface area contributed by atoms with Gasteiger partial charge in [0.1, 0.15) is 0 Å². The molecule has 0 amide bonds. The molecule has 0 N–H and O–H groups in total. The molecule has 0 nitrogen and oxygen atoms in total. The van der Waals surface area contributed by atoms with Crippen LogP contribution in [0.5, 0.6) is 0 Å². The summed E-state index contributed by atoms with van der Waals surface area (Å²) in [5, 5.41) is 1.48. The Balaban J connectivity index is -0.000000196. The van der Waals surface area contributed by atoms with E-state index in [4.69, 9.17) is 23.2 Å². The molecule has 0 aliphatic heterocycles. The molecule has 88 valence electrons. The van der Waals surface area contributed by atoms with E-state index in [2.05, 4.69) is 12.1 Å².